The summed E-state index contributed by atoms with van der Waals surface area (Å²) < 4.78 is 16.8. The van der Waals surface area contributed by atoms with Gasteiger partial charge >= 0.3 is 0 Å². The molecule has 8 nitrogen and oxygen atoms in total. The number of amides is 1. The number of ether oxygens (including phenoxy) is 2. The number of hydrogen-bond acceptors (Lipinski definition) is 9. The molecule has 10 heteroatoms. The molecule has 1 atom stereocenters. The van der Waals surface area contributed by atoms with Gasteiger partial charge in [-0.3, -0.25) is 4.79 Å². The lowest BCUT2D eigenvalue weighted by Gasteiger charge is -2.21. The molecule has 1 aliphatic rings. The summed E-state index contributed by atoms with van der Waals surface area (Å²) in [6.45, 7) is 6.84. The number of aromatic nitrogens is 3. The van der Waals surface area contributed by atoms with Gasteiger partial charge in [0.25, 0.3) is 11.1 Å². The van der Waals surface area contributed by atoms with Crippen molar-refractivity contribution in [3.05, 3.63) is 34.5 Å². The zero-order valence-electron chi connectivity index (χ0n) is 16.2. The van der Waals surface area contributed by atoms with Gasteiger partial charge in [-0.25, -0.2) is 4.98 Å². The van der Waals surface area contributed by atoms with E-state index in [1.807, 2.05) is 39.0 Å². The van der Waals surface area contributed by atoms with Gasteiger partial charge in [-0.15, -0.1) is 21.5 Å². The van der Waals surface area contributed by atoms with E-state index in [4.69, 9.17) is 13.9 Å². The fourth-order valence-electron chi connectivity index (χ4n) is 2.91. The molecule has 152 valence electrons. The summed E-state index contributed by atoms with van der Waals surface area (Å²) in [5, 5.41) is 12.3. The Labute approximate surface area is 176 Å². The molecule has 3 aromatic rings. The van der Waals surface area contributed by atoms with Crippen molar-refractivity contribution in [2.45, 2.75) is 32.0 Å². The van der Waals surface area contributed by atoms with Crippen LogP contribution in [-0.4, -0.2) is 40.1 Å². The average molecular weight is 433 g/mol. The highest BCUT2D eigenvalue weighted by molar-refractivity contribution is 7.99. The molecule has 1 aliphatic heterocycles. The van der Waals surface area contributed by atoms with Crippen LogP contribution >= 0.6 is 23.1 Å². The van der Waals surface area contributed by atoms with E-state index in [0.29, 0.717) is 30.1 Å². The van der Waals surface area contributed by atoms with Crippen LogP contribution in [0.15, 0.2) is 27.8 Å². The van der Waals surface area contributed by atoms with Crippen LogP contribution < -0.4 is 14.8 Å². The molecule has 4 rings (SSSR count). The minimum absolute atomic E-state index is 0.123. The molecule has 29 heavy (non-hydrogen) atoms. The fraction of sp³-hybridized carbons (Fsp3) is 0.368. The third-order valence-corrected chi connectivity index (χ3v) is 6.15. The molecule has 0 fully saturated rings. The van der Waals surface area contributed by atoms with Crippen molar-refractivity contribution in [3.63, 3.8) is 0 Å². The molecule has 2 aromatic heterocycles. The van der Waals surface area contributed by atoms with Gasteiger partial charge in [-0.1, -0.05) is 17.8 Å². The second-order valence-corrected chi connectivity index (χ2v) is 8.63. The first kappa shape index (κ1) is 19.7. The van der Waals surface area contributed by atoms with Gasteiger partial charge < -0.3 is 19.2 Å². The van der Waals surface area contributed by atoms with E-state index >= 15 is 0 Å². The zero-order chi connectivity index (χ0) is 20.4. The molecule has 0 aliphatic carbocycles. The molecule has 0 saturated carbocycles. The van der Waals surface area contributed by atoms with Gasteiger partial charge in [0.15, 0.2) is 11.5 Å². The highest BCUT2D eigenvalue weighted by Crippen LogP contribution is 2.33. The van der Waals surface area contributed by atoms with Gasteiger partial charge in [0.05, 0.1) is 22.5 Å². The van der Waals surface area contributed by atoms with Gasteiger partial charge in [0.2, 0.25) is 5.91 Å². The Hall–Kier alpha value is -2.59. The molecule has 1 aromatic carbocycles. The first-order valence-corrected chi connectivity index (χ1v) is 10.9. The topological polar surface area (TPSA) is 99.4 Å². The highest BCUT2D eigenvalue weighted by Gasteiger charge is 2.18. The predicted octanol–water partition coefficient (Wildman–Crippen LogP) is 3.55. The second-order valence-electron chi connectivity index (χ2n) is 6.50. The standard InChI is InChI=1S/C19H20N4O4S2/c1-10(13-4-5-14-15(8-13)26-7-6-25-14)21-16(24)9-28-19-23-22-18(27-19)17-11(2)20-12(3)29-17/h4-5,8,10H,6-7,9H2,1-3H3,(H,21,24). The molecule has 3 heterocycles. The number of thioether (sulfide) groups is 1. The Morgan fingerprint density at radius 1 is 1.24 bits per heavy atom. The lowest BCUT2D eigenvalue weighted by molar-refractivity contribution is -0.119. The first-order valence-electron chi connectivity index (χ1n) is 9.09. The number of benzene rings is 1. The average Bonchev–Trinajstić information content (AvgIpc) is 3.31. The fourth-order valence-corrected chi connectivity index (χ4v) is 4.33. The second kappa shape index (κ2) is 8.42. The van der Waals surface area contributed by atoms with Crippen LogP contribution in [-0.2, 0) is 4.79 Å². The molecular formula is C19H20N4O4S2. The summed E-state index contributed by atoms with van der Waals surface area (Å²) in [6.07, 6.45) is 0. The Morgan fingerprint density at radius 3 is 2.79 bits per heavy atom. The Balaban J connectivity index is 1.33. The monoisotopic (exact) mass is 432 g/mol. The van der Waals surface area contributed by atoms with Crippen LogP contribution in [0.25, 0.3) is 10.8 Å². The van der Waals surface area contributed by atoms with E-state index in [9.17, 15) is 4.79 Å². The smallest absolute Gasteiger partial charge is 0.277 e. The largest absolute Gasteiger partial charge is 0.486 e. The van der Waals surface area contributed by atoms with Gasteiger partial charge in [-0.05, 0) is 38.5 Å². The summed E-state index contributed by atoms with van der Waals surface area (Å²) in [5.41, 5.74) is 1.81. The van der Waals surface area contributed by atoms with Crippen molar-refractivity contribution < 1.29 is 18.7 Å². The summed E-state index contributed by atoms with van der Waals surface area (Å²) in [4.78, 5) is 17.6. The summed E-state index contributed by atoms with van der Waals surface area (Å²) >= 11 is 2.71. The maximum absolute atomic E-state index is 12.3. The minimum atomic E-state index is -0.167. The SMILES string of the molecule is Cc1nc(C)c(-c2nnc(SCC(=O)NC(C)c3ccc4c(c3)OCCO4)o2)s1. The van der Waals surface area contributed by atoms with Crippen molar-refractivity contribution in [1.29, 1.82) is 0 Å². The van der Waals surface area contributed by atoms with Crippen LogP contribution in [0.2, 0.25) is 0 Å². The molecular weight excluding hydrogens is 412 g/mol. The summed E-state index contributed by atoms with van der Waals surface area (Å²) in [5.74, 6) is 1.92. The molecule has 0 radical (unpaired) electrons. The maximum Gasteiger partial charge on any atom is 0.277 e. The molecule has 0 saturated heterocycles. The number of nitrogens with zero attached hydrogens (tertiary/aromatic N) is 3. The van der Waals surface area contributed by atoms with Crippen LogP contribution in [0.1, 0.15) is 29.2 Å². The van der Waals surface area contributed by atoms with Crippen molar-refractivity contribution in [1.82, 2.24) is 20.5 Å². The number of carbonyl (C=O) groups excluding carboxylic acids is 1. The zero-order valence-corrected chi connectivity index (χ0v) is 17.9. The van der Waals surface area contributed by atoms with Gasteiger partial charge in [-0.2, -0.15) is 0 Å². The van der Waals surface area contributed by atoms with E-state index in [2.05, 4.69) is 20.5 Å². The number of fused-ring (bicyclic) bond motifs is 1. The minimum Gasteiger partial charge on any atom is -0.486 e. The lowest BCUT2D eigenvalue weighted by Crippen LogP contribution is -2.28. The lowest BCUT2D eigenvalue weighted by atomic mass is 10.1. The van der Waals surface area contributed by atoms with Crippen LogP contribution in [0.4, 0.5) is 0 Å². The Bertz CT molecular complexity index is 1030. The van der Waals surface area contributed by atoms with E-state index in [0.717, 1.165) is 26.9 Å². The Morgan fingerprint density at radius 2 is 2.03 bits per heavy atom. The third kappa shape index (κ3) is 4.54. The normalized spacial score (nSPS) is 13.9. The van der Waals surface area contributed by atoms with E-state index in [1.54, 1.807) is 0 Å². The Kier molecular flexibility index (Phi) is 5.72. The van der Waals surface area contributed by atoms with E-state index in [-0.39, 0.29) is 17.7 Å². The molecule has 0 spiro atoms. The number of rotatable bonds is 6. The number of carbonyl (C=O) groups is 1. The van der Waals surface area contributed by atoms with Crippen molar-refractivity contribution in [2.75, 3.05) is 19.0 Å². The van der Waals surface area contributed by atoms with Crippen LogP contribution in [0, 0.1) is 13.8 Å². The summed E-state index contributed by atoms with van der Waals surface area (Å²) in [6, 6.07) is 5.52. The quantitative estimate of drug-likeness (QED) is 0.591. The molecule has 1 N–H and O–H groups in total. The number of hydrogen-bond donors (Lipinski definition) is 1. The van der Waals surface area contributed by atoms with Crippen molar-refractivity contribution in [3.8, 4) is 22.3 Å². The maximum atomic E-state index is 12.3. The van der Waals surface area contributed by atoms with Crippen molar-refractivity contribution >= 4 is 29.0 Å². The third-order valence-electron chi connectivity index (χ3n) is 4.27. The molecule has 1 amide bonds. The molecule has 0 bridgehead atoms. The highest BCUT2D eigenvalue weighted by atomic mass is 32.2. The van der Waals surface area contributed by atoms with Crippen LogP contribution in [0.3, 0.4) is 0 Å². The van der Waals surface area contributed by atoms with E-state index in [1.165, 1.54) is 23.1 Å². The number of thiazole rings is 1. The van der Waals surface area contributed by atoms with E-state index < -0.39 is 0 Å². The first-order chi connectivity index (χ1) is 14.0. The van der Waals surface area contributed by atoms with Gasteiger partial charge in [0.1, 0.15) is 18.1 Å². The van der Waals surface area contributed by atoms with Crippen molar-refractivity contribution in [2.24, 2.45) is 0 Å². The van der Waals surface area contributed by atoms with Crippen LogP contribution in [0.5, 0.6) is 11.5 Å². The van der Waals surface area contributed by atoms with Gasteiger partial charge in [0, 0.05) is 0 Å². The summed E-state index contributed by atoms with van der Waals surface area (Å²) in [7, 11) is 0. The number of aryl methyl sites for hydroxylation is 2. The number of nitrogens with one attached hydrogen (secondary N) is 1. The predicted molar refractivity (Wildman–Crippen MR) is 110 cm³/mol. The molecule has 1 unspecified atom stereocenters.